The van der Waals surface area contributed by atoms with E-state index in [-0.39, 0.29) is 5.82 Å². The van der Waals surface area contributed by atoms with Gasteiger partial charge in [-0.2, -0.15) is 0 Å². The number of hydrogen-bond acceptors (Lipinski definition) is 1. The highest BCUT2D eigenvalue weighted by Gasteiger charge is 2.22. The van der Waals surface area contributed by atoms with Gasteiger partial charge in [0.05, 0.1) is 0 Å². The summed E-state index contributed by atoms with van der Waals surface area (Å²) >= 11 is 0. The first-order valence-corrected chi connectivity index (χ1v) is 7.40. The van der Waals surface area contributed by atoms with Crippen LogP contribution in [0.25, 0.3) is 0 Å². The molecule has 0 radical (unpaired) electrons. The van der Waals surface area contributed by atoms with Crippen molar-refractivity contribution in [1.29, 1.82) is 0 Å². The van der Waals surface area contributed by atoms with Crippen LogP contribution in [-0.2, 0) is 4.79 Å². The second-order valence-corrected chi connectivity index (χ2v) is 5.86. The maximum absolute atomic E-state index is 12.9. The van der Waals surface area contributed by atoms with Gasteiger partial charge in [0.15, 0.2) is 0 Å². The van der Waals surface area contributed by atoms with Gasteiger partial charge < -0.3 is 4.79 Å². The first-order valence-electron chi connectivity index (χ1n) is 7.40. The smallest absolute Gasteiger partial charge is 0.129 e. The molecule has 0 aromatic heterocycles. The van der Waals surface area contributed by atoms with Crippen molar-refractivity contribution in [3.05, 3.63) is 35.6 Å². The fourth-order valence-corrected chi connectivity index (χ4v) is 3.16. The van der Waals surface area contributed by atoms with Gasteiger partial charge in [0.2, 0.25) is 0 Å². The third kappa shape index (κ3) is 4.45. The molecule has 104 valence electrons. The minimum Gasteiger partial charge on any atom is -0.300 e. The lowest BCUT2D eigenvalue weighted by Gasteiger charge is -2.28. The van der Waals surface area contributed by atoms with Crippen LogP contribution in [0.15, 0.2) is 24.3 Å². The van der Waals surface area contributed by atoms with Crippen molar-refractivity contribution in [2.75, 3.05) is 0 Å². The number of benzene rings is 1. The Morgan fingerprint density at radius 3 is 2.37 bits per heavy atom. The molecule has 0 spiro atoms. The third-order valence-electron chi connectivity index (χ3n) is 4.33. The third-order valence-corrected chi connectivity index (χ3v) is 4.33. The summed E-state index contributed by atoms with van der Waals surface area (Å²) in [6.07, 6.45) is 7.88. The topological polar surface area (TPSA) is 17.1 Å². The largest absolute Gasteiger partial charge is 0.300 e. The first-order chi connectivity index (χ1) is 9.15. The summed E-state index contributed by atoms with van der Waals surface area (Å²) in [6, 6.07) is 6.98. The number of carbonyl (C=O) groups excluding carboxylic acids is 1. The van der Waals surface area contributed by atoms with E-state index in [1.165, 1.54) is 37.7 Å². The van der Waals surface area contributed by atoms with Crippen LogP contribution < -0.4 is 0 Å². The zero-order valence-electron chi connectivity index (χ0n) is 11.7. The Morgan fingerprint density at radius 1 is 1.16 bits per heavy atom. The van der Waals surface area contributed by atoms with Crippen LogP contribution in [0, 0.1) is 11.7 Å². The molecule has 1 aromatic rings. The average Bonchev–Trinajstić information content (AvgIpc) is 2.40. The molecule has 1 nitrogen and oxygen atoms in total. The predicted octanol–water partition coefficient (Wildman–Crippen LogP) is 4.86. The molecular weight excluding hydrogens is 239 g/mol. The molecule has 1 aromatic carbocycles. The quantitative estimate of drug-likeness (QED) is 0.740. The minimum absolute atomic E-state index is 0.151. The molecule has 0 unspecified atom stereocenters. The van der Waals surface area contributed by atoms with Gasteiger partial charge in [-0.15, -0.1) is 0 Å². The van der Waals surface area contributed by atoms with Crippen molar-refractivity contribution in [2.24, 2.45) is 5.92 Å². The number of Topliss-reactive ketones (excluding diaryl/α,β-unsaturated/α-hetero) is 1. The van der Waals surface area contributed by atoms with Gasteiger partial charge in [-0.25, -0.2) is 4.39 Å². The van der Waals surface area contributed by atoms with Crippen molar-refractivity contribution in [3.63, 3.8) is 0 Å². The molecule has 0 heterocycles. The fraction of sp³-hybridized carbons (Fsp3) is 0.588. The van der Waals surface area contributed by atoms with Crippen LogP contribution in [0.2, 0.25) is 0 Å². The molecule has 0 bridgehead atoms. The first kappa shape index (κ1) is 14.2. The average molecular weight is 262 g/mol. The Bertz CT molecular complexity index is 402. The summed E-state index contributed by atoms with van der Waals surface area (Å²) < 4.78 is 12.9. The number of hydrogen-bond donors (Lipinski definition) is 0. The fourth-order valence-electron chi connectivity index (χ4n) is 3.16. The van der Waals surface area contributed by atoms with Crippen LogP contribution in [0.1, 0.15) is 63.4 Å². The standard InChI is InChI=1S/C17H23FO/c1-13(19)3-2-4-14-5-7-15(8-6-14)16-9-11-17(18)12-10-16/h9-12,14-15H,2-8H2,1H3/t14-,15-. The number of ketones is 1. The van der Waals surface area contributed by atoms with Crippen molar-refractivity contribution in [3.8, 4) is 0 Å². The Hall–Kier alpha value is -1.18. The molecule has 1 aliphatic carbocycles. The van der Waals surface area contributed by atoms with Crippen LogP contribution in [0.5, 0.6) is 0 Å². The summed E-state index contributed by atoms with van der Waals surface area (Å²) in [5, 5.41) is 0. The van der Waals surface area contributed by atoms with E-state index in [9.17, 15) is 9.18 Å². The molecular formula is C17H23FO. The molecule has 0 aliphatic heterocycles. The molecule has 1 aliphatic rings. The van der Waals surface area contributed by atoms with E-state index in [2.05, 4.69) is 0 Å². The van der Waals surface area contributed by atoms with Gasteiger partial charge in [-0.05, 0) is 68.6 Å². The van der Waals surface area contributed by atoms with Gasteiger partial charge in [0.1, 0.15) is 11.6 Å². The molecule has 2 heteroatoms. The normalized spacial score (nSPS) is 23.3. The van der Waals surface area contributed by atoms with Crippen LogP contribution in [0.4, 0.5) is 4.39 Å². The lowest BCUT2D eigenvalue weighted by molar-refractivity contribution is -0.117. The number of halogens is 1. The summed E-state index contributed by atoms with van der Waals surface area (Å²) in [6.45, 7) is 1.67. The van der Waals surface area contributed by atoms with Crippen LogP contribution >= 0.6 is 0 Å². The molecule has 1 fully saturated rings. The van der Waals surface area contributed by atoms with Crippen molar-refractivity contribution >= 4 is 5.78 Å². The maximum atomic E-state index is 12.9. The summed E-state index contributed by atoms with van der Waals surface area (Å²) in [4.78, 5) is 10.9. The molecule has 19 heavy (non-hydrogen) atoms. The van der Waals surface area contributed by atoms with Gasteiger partial charge in [0, 0.05) is 6.42 Å². The molecule has 0 saturated heterocycles. The monoisotopic (exact) mass is 262 g/mol. The van der Waals surface area contributed by atoms with Crippen LogP contribution in [-0.4, -0.2) is 5.78 Å². The van der Waals surface area contributed by atoms with Crippen LogP contribution in [0.3, 0.4) is 0 Å². The van der Waals surface area contributed by atoms with E-state index >= 15 is 0 Å². The maximum Gasteiger partial charge on any atom is 0.129 e. The van der Waals surface area contributed by atoms with Gasteiger partial charge >= 0.3 is 0 Å². The molecule has 1 saturated carbocycles. The highest BCUT2D eigenvalue weighted by molar-refractivity contribution is 5.75. The molecule has 2 rings (SSSR count). The predicted molar refractivity (Wildman–Crippen MR) is 75.6 cm³/mol. The minimum atomic E-state index is -0.151. The zero-order valence-corrected chi connectivity index (χ0v) is 11.7. The van der Waals surface area contributed by atoms with E-state index in [1.807, 2.05) is 12.1 Å². The summed E-state index contributed by atoms with van der Waals surface area (Å²) in [5.74, 6) is 1.54. The van der Waals surface area contributed by atoms with Crippen molar-refractivity contribution in [2.45, 2.75) is 57.8 Å². The summed E-state index contributed by atoms with van der Waals surface area (Å²) in [5.41, 5.74) is 1.28. The second-order valence-electron chi connectivity index (χ2n) is 5.86. The SMILES string of the molecule is CC(=O)CCC[C@H]1CC[C@H](c2ccc(F)cc2)CC1. The Morgan fingerprint density at radius 2 is 1.79 bits per heavy atom. The lowest BCUT2D eigenvalue weighted by Crippen LogP contribution is -2.13. The zero-order chi connectivity index (χ0) is 13.7. The van der Waals surface area contributed by atoms with Gasteiger partial charge in [-0.3, -0.25) is 0 Å². The van der Waals surface area contributed by atoms with Gasteiger partial charge in [-0.1, -0.05) is 18.6 Å². The van der Waals surface area contributed by atoms with E-state index in [0.717, 1.165) is 18.8 Å². The molecule has 0 amide bonds. The van der Waals surface area contributed by atoms with Gasteiger partial charge in [0.25, 0.3) is 0 Å². The summed E-state index contributed by atoms with van der Waals surface area (Å²) in [7, 11) is 0. The van der Waals surface area contributed by atoms with Crippen molar-refractivity contribution < 1.29 is 9.18 Å². The number of carbonyl (C=O) groups is 1. The Kier molecular flexibility index (Phi) is 5.12. The van der Waals surface area contributed by atoms with E-state index in [1.54, 1.807) is 19.1 Å². The van der Waals surface area contributed by atoms with Crippen molar-refractivity contribution in [1.82, 2.24) is 0 Å². The highest BCUT2D eigenvalue weighted by atomic mass is 19.1. The lowest BCUT2D eigenvalue weighted by atomic mass is 9.77. The van der Waals surface area contributed by atoms with E-state index in [0.29, 0.717) is 11.7 Å². The van der Waals surface area contributed by atoms with E-state index in [4.69, 9.17) is 0 Å². The Balaban J connectivity index is 1.76. The highest BCUT2D eigenvalue weighted by Crippen LogP contribution is 2.37. The van der Waals surface area contributed by atoms with E-state index < -0.39 is 0 Å². The Labute approximate surface area is 115 Å². The molecule has 0 atom stereocenters. The second kappa shape index (κ2) is 6.83. The number of rotatable bonds is 5. The molecule has 0 N–H and O–H groups in total.